The standard InChI is InChI=1S/C68H125NO8/c1-3-5-7-9-11-13-15-17-19-20-21-22-23-24-25-26-27-28-29-30-31-32-33-34-35-36-37-38-39-40-41-42-44-46-48-50-52-54-56-58-64(72)69-61(60-76-68-67(75)66(74)65(73)63(59-70)77-68)62(71)57-55-53-51-49-47-45-43-18-16-14-12-10-8-6-4-2/h16,18,27-28,30-31,47,49,55,57,61-63,65-68,70-71,73-75H,3-15,17,19-26,29,32-46,48,50-54,56,58-60H2,1-2H3,(H,69,72)/b18-16+,28-27-,31-30-,49-47+,57-55+. The molecule has 0 saturated carbocycles. The van der Waals surface area contributed by atoms with Crippen molar-refractivity contribution in [1.82, 2.24) is 5.32 Å². The maximum Gasteiger partial charge on any atom is 0.220 e. The van der Waals surface area contributed by atoms with Gasteiger partial charge in [0.2, 0.25) is 5.91 Å². The molecule has 0 aromatic heterocycles. The molecule has 0 aromatic carbocycles. The molecule has 9 heteroatoms. The molecule has 9 nitrogen and oxygen atoms in total. The number of ether oxygens (including phenoxy) is 2. The van der Waals surface area contributed by atoms with E-state index in [1.54, 1.807) is 6.08 Å². The van der Waals surface area contributed by atoms with E-state index in [0.29, 0.717) is 6.42 Å². The minimum Gasteiger partial charge on any atom is -0.394 e. The Morgan fingerprint density at radius 3 is 1.17 bits per heavy atom. The van der Waals surface area contributed by atoms with Crippen molar-refractivity contribution in [2.24, 2.45) is 0 Å². The van der Waals surface area contributed by atoms with Crippen LogP contribution in [-0.4, -0.2) is 87.5 Å². The van der Waals surface area contributed by atoms with Crippen LogP contribution in [0.1, 0.15) is 309 Å². The molecular weight excluding hydrogens is 959 g/mol. The average molecular weight is 1080 g/mol. The third-order valence-electron chi connectivity index (χ3n) is 15.5. The second-order valence-electron chi connectivity index (χ2n) is 22.9. The van der Waals surface area contributed by atoms with E-state index in [9.17, 15) is 30.3 Å². The maximum absolute atomic E-state index is 13.1. The van der Waals surface area contributed by atoms with Crippen molar-refractivity contribution in [3.63, 3.8) is 0 Å². The summed E-state index contributed by atoms with van der Waals surface area (Å²) in [6.45, 7) is 3.76. The van der Waals surface area contributed by atoms with Gasteiger partial charge in [-0.1, -0.05) is 286 Å². The summed E-state index contributed by atoms with van der Waals surface area (Å²) in [5.74, 6) is -0.189. The SMILES string of the molecule is CCCCCCC/C=C/CC/C=C/CC/C=C/C(O)C(COC1OC(CO)C(O)C(O)C1O)NC(=O)CCCCCCCCCCCCCCCCCCC/C=C\C/C=C\CCCCCCCCCCCCCCCCC. The minimum atomic E-state index is -1.58. The number of unbranched alkanes of at least 4 members (excludes halogenated alkanes) is 39. The normalized spacial score (nSPS) is 19.1. The smallest absolute Gasteiger partial charge is 0.220 e. The highest BCUT2D eigenvalue weighted by molar-refractivity contribution is 5.76. The fourth-order valence-electron chi connectivity index (χ4n) is 10.3. The molecule has 0 aromatic rings. The van der Waals surface area contributed by atoms with Crippen molar-refractivity contribution < 1.29 is 39.8 Å². The summed E-state index contributed by atoms with van der Waals surface area (Å²) in [6.07, 6.45) is 72.0. The zero-order valence-electron chi connectivity index (χ0n) is 50.2. The molecule has 1 rings (SSSR count). The van der Waals surface area contributed by atoms with Crippen LogP contribution in [0.3, 0.4) is 0 Å². The van der Waals surface area contributed by atoms with Crippen LogP contribution in [0.15, 0.2) is 60.8 Å². The van der Waals surface area contributed by atoms with Gasteiger partial charge in [0, 0.05) is 6.42 Å². The monoisotopic (exact) mass is 1080 g/mol. The van der Waals surface area contributed by atoms with Gasteiger partial charge >= 0.3 is 0 Å². The fourth-order valence-corrected chi connectivity index (χ4v) is 10.3. The Hall–Kier alpha value is -2.11. The molecule has 0 radical (unpaired) electrons. The van der Waals surface area contributed by atoms with E-state index in [1.165, 1.54) is 231 Å². The Bertz CT molecular complexity index is 1400. The number of hydrogen-bond acceptors (Lipinski definition) is 8. The largest absolute Gasteiger partial charge is 0.394 e. The van der Waals surface area contributed by atoms with E-state index in [-0.39, 0.29) is 12.5 Å². The van der Waals surface area contributed by atoms with Gasteiger partial charge in [-0.3, -0.25) is 4.79 Å². The van der Waals surface area contributed by atoms with Crippen molar-refractivity contribution in [2.45, 2.75) is 352 Å². The van der Waals surface area contributed by atoms with Gasteiger partial charge in [-0.2, -0.15) is 0 Å². The average Bonchev–Trinajstić information content (AvgIpc) is 3.43. The van der Waals surface area contributed by atoms with Crippen LogP contribution >= 0.6 is 0 Å². The van der Waals surface area contributed by atoms with Crippen molar-refractivity contribution in [3.05, 3.63) is 60.8 Å². The first-order valence-corrected chi connectivity index (χ1v) is 33.0. The molecule has 7 atom stereocenters. The Morgan fingerprint density at radius 2 is 0.779 bits per heavy atom. The maximum atomic E-state index is 13.1. The van der Waals surface area contributed by atoms with Crippen molar-refractivity contribution in [3.8, 4) is 0 Å². The van der Waals surface area contributed by atoms with E-state index >= 15 is 0 Å². The predicted octanol–water partition coefficient (Wildman–Crippen LogP) is 17.4. The summed E-state index contributed by atoms with van der Waals surface area (Å²) in [5, 5.41) is 54.5. The molecule has 1 amide bonds. The van der Waals surface area contributed by atoms with Gasteiger partial charge in [-0.25, -0.2) is 0 Å². The number of hydrogen-bond donors (Lipinski definition) is 6. The van der Waals surface area contributed by atoms with Crippen LogP contribution in [0.2, 0.25) is 0 Å². The number of amides is 1. The Kier molecular flexibility index (Phi) is 54.1. The number of aliphatic hydroxyl groups is 5. The first kappa shape index (κ1) is 72.9. The van der Waals surface area contributed by atoms with E-state index in [2.05, 4.69) is 67.8 Å². The lowest BCUT2D eigenvalue weighted by molar-refractivity contribution is -0.302. The van der Waals surface area contributed by atoms with Crippen LogP contribution in [0.25, 0.3) is 0 Å². The molecule has 77 heavy (non-hydrogen) atoms. The molecule has 6 N–H and O–H groups in total. The quantitative estimate of drug-likeness (QED) is 0.0261. The molecule has 450 valence electrons. The van der Waals surface area contributed by atoms with Gasteiger partial charge in [0.1, 0.15) is 24.4 Å². The van der Waals surface area contributed by atoms with Crippen LogP contribution in [0.5, 0.6) is 0 Å². The second-order valence-corrected chi connectivity index (χ2v) is 22.9. The topological polar surface area (TPSA) is 149 Å². The molecule has 7 unspecified atom stereocenters. The van der Waals surface area contributed by atoms with E-state index in [1.807, 2.05) is 6.08 Å². The zero-order chi connectivity index (χ0) is 55.8. The Labute approximate surface area is 475 Å². The summed E-state index contributed by atoms with van der Waals surface area (Å²) in [6, 6.07) is -0.829. The molecule has 0 spiro atoms. The summed E-state index contributed by atoms with van der Waals surface area (Å²) < 4.78 is 11.3. The molecular formula is C68H125NO8. The molecule has 0 bridgehead atoms. The summed E-state index contributed by atoms with van der Waals surface area (Å²) in [5.41, 5.74) is 0. The number of nitrogens with one attached hydrogen (secondary N) is 1. The lowest BCUT2D eigenvalue weighted by Gasteiger charge is -2.40. The van der Waals surface area contributed by atoms with Crippen LogP contribution in [0, 0.1) is 0 Å². The predicted molar refractivity (Wildman–Crippen MR) is 327 cm³/mol. The third kappa shape index (κ3) is 46.2. The summed E-state index contributed by atoms with van der Waals surface area (Å²) in [4.78, 5) is 13.1. The fraction of sp³-hybridized carbons (Fsp3) is 0.838. The van der Waals surface area contributed by atoms with E-state index in [4.69, 9.17) is 9.47 Å². The number of carbonyl (C=O) groups is 1. The molecule has 1 aliphatic heterocycles. The highest BCUT2D eigenvalue weighted by atomic mass is 16.7. The molecule has 1 heterocycles. The first-order valence-electron chi connectivity index (χ1n) is 33.0. The summed E-state index contributed by atoms with van der Waals surface area (Å²) in [7, 11) is 0. The van der Waals surface area contributed by atoms with Gasteiger partial charge in [0.25, 0.3) is 0 Å². The van der Waals surface area contributed by atoms with E-state index in [0.717, 1.165) is 57.8 Å². The van der Waals surface area contributed by atoms with Crippen LogP contribution < -0.4 is 5.32 Å². The minimum absolute atomic E-state index is 0.189. The summed E-state index contributed by atoms with van der Waals surface area (Å²) >= 11 is 0. The third-order valence-corrected chi connectivity index (χ3v) is 15.5. The molecule has 0 aliphatic carbocycles. The van der Waals surface area contributed by atoms with E-state index < -0.39 is 49.5 Å². The van der Waals surface area contributed by atoms with Crippen LogP contribution in [-0.2, 0) is 14.3 Å². The van der Waals surface area contributed by atoms with Gasteiger partial charge in [0.05, 0.1) is 25.4 Å². The lowest BCUT2D eigenvalue weighted by Crippen LogP contribution is -2.60. The Morgan fingerprint density at radius 1 is 0.442 bits per heavy atom. The number of allylic oxidation sites excluding steroid dienone is 9. The molecule has 1 fully saturated rings. The van der Waals surface area contributed by atoms with Gasteiger partial charge in [-0.15, -0.1) is 0 Å². The van der Waals surface area contributed by atoms with Crippen LogP contribution in [0.4, 0.5) is 0 Å². The lowest BCUT2D eigenvalue weighted by atomic mass is 9.99. The highest BCUT2D eigenvalue weighted by Gasteiger charge is 2.44. The number of aliphatic hydroxyl groups excluding tert-OH is 5. The number of carbonyl (C=O) groups excluding carboxylic acids is 1. The van der Waals surface area contributed by atoms with Crippen molar-refractivity contribution in [2.75, 3.05) is 13.2 Å². The number of rotatable bonds is 57. The molecule has 1 saturated heterocycles. The van der Waals surface area contributed by atoms with Gasteiger partial charge in [-0.05, 0) is 77.0 Å². The Balaban J connectivity index is 2.07. The van der Waals surface area contributed by atoms with Crippen molar-refractivity contribution in [1.29, 1.82) is 0 Å². The highest BCUT2D eigenvalue weighted by Crippen LogP contribution is 2.23. The van der Waals surface area contributed by atoms with Gasteiger partial charge < -0.3 is 40.3 Å². The second kappa shape index (κ2) is 57.1. The molecule has 1 aliphatic rings. The van der Waals surface area contributed by atoms with Crippen molar-refractivity contribution >= 4 is 5.91 Å². The first-order chi connectivity index (χ1) is 37.8. The zero-order valence-corrected chi connectivity index (χ0v) is 50.2. The van der Waals surface area contributed by atoms with Gasteiger partial charge in [0.15, 0.2) is 6.29 Å².